The zero-order chi connectivity index (χ0) is 28.2. The largest absolute Gasteiger partial charge is 0.506 e. The zero-order valence-corrected chi connectivity index (χ0v) is 21.7. The quantitative estimate of drug-likeness (QED) is 0.408. The highest BCUT2D eigenvalue weighted by molar-refractivity contribution is 6.31. The van der Waals surface area contributed by atoms with E-state index in [1.54, 1.807) is 6.07 Å². The molecule has 0 aromatic heterocycles. The van der Waals surface area contributed by atoms with Gasteiger partial charge in [-0.3, -0.25) is 24.0 Å². The molecule has 2 fully saturated rings. The summed E-state index contributed by atoms with van der Waals surface area (Å²) in [5.41, 5.74) is 5.24. The summed E-state index contributed by atoms with van der Waals surface area (Å²) in [4.78, 5) is 65.0. The highest BCUT2D eigenvalue weighted by Gasteiger charge is 2.66. The highest BCUT2D eigenvalue weighted by Crippen LogP contribution is 2.51. The lowest BCUT2D eigenvalue weighted by Gasteiger charge is -2.48. The van der Waals surface area contributed by atoms with Gasteiger partial charge in [0.15, 0.2) is 34.7 Å². The molecule has 2 aromatic rings. The van der Waals surface area contributed by atoms with Crippen molar-refractivity contribution < 1.29 is 34.2 Å². The Kier molecular flexibility index (Phi) is 6.51. The number of carbonyl (C=O) groups is 5. The van der Waals surface area contributed by atoms with Crippen molar-refractivity contribution in [2.75, 3.05) is 0 Å². The molecule has 4 N–H and O–H groups in total. The topological polar surface area (TPSA) is 152 Å². The number of phenolic OH excluding ortho intramolecular Hbond substituents is 1. The second kappa shape index (κ2) is 9.58. The molecule has 0 radical (unpaired) electrons. The molecule has 8 nitrogen and oxygen atoms in total. The van der Waals surface area contributed by atoms with Crippen LogP contribution in [0.4, 0.5) is 0 Å². The summed E-state index contributed by atoms with van der Waals surface area (Å²) in [5.74, 6) is -4.24. The Bertz CT molecular complexity index is 1500. The molecule has 3 aliphatic carbocycles. The van der Waals surface area contributed by atoms with E-state index in [0.717, 1.165) is 11.1 Å². The molecule has 2 unspecified atom stereocenters. The summed E-state index contributed by atoms with van der Waals surface area (Å²) in [5, 5.41) is 22.6. The zero-order valence-electron chi connectivity index (χ0n) is 21.7. The Morgan fingerprint density at radius 2 is 1.79 bits per heavy atom. The van der Waals surface area contributed by atoms with Crippen LogP contribution in [0.25, 0.3) is 0 Å². The predicted molar refractivity (Wildman–Crippen MR) is 140 cm³/mol. The molecule has 0 bridgehead atoms. The van der Waals surface area contributed by atoms with Gasteiger partial charge in [0.1, 0.15) is 5.75 Å². The number of fused-ring (bicyclic) bond motifs is 3. The number of carbonyl (C=O) groups excluding carboxylic acids is 5. The lowest BCUT2D eigenvalue weighted by molar-refractivity contribution is -0.175. The third kappa shape index (κ3) is 4.09. The van der Waals surface area contributed by atoms with Crippen LogP contribution in [0.1, 0.15) is 65.2 Å². The van der Waals surface area contributed by atoms with Gasteiger partial charge in [-0.15, -0.1) is 0 Å². The number of nitrogens with two attached hydrogens (primary N) is 1. The molecule has 39 heavy (non-hydrogen) atoms. The standard InChI is InChI=1S/C31H29NO7/c1-15(2)20-12-17(10-6-9-16-7-4-3-5-8-16)26(34)24-21(20)13-18-11-19-14-22(33)25(30(32)38)29(37)31(19,39)28(36)23(18)27(24)35/h3-5,7-8,12,15,18-19,23,25,34,39H,9,11,13-14H2,1-2H3,(H2,32,38)/t18-,19+,23?,25?,31+/m1/s1. The van der Waals surface area contributed by atoms with Crippen molar-refractivity contribution in [2.24, 2.45) is 29.4 Å². The number of primary amides is 1. The van der Waals surface area contributed by atoms with E-state index in [1.807, 2.05) is 44.2 Å². The molecule has 0 aliphatic heterocycles. The summed E-state index contributed by atoms with van der Waals surface area (Å²) in [6, 6.07) is 11.3. The van der Waals surface area contributed by atoms with Crippen molar-refractivity contribution in [1.29, 1.82) is 0 Å². The molecule has 200 valence electrons. The minimum atomic E-state index is -2.66. The normalized spacial score (nSPS) is 27.8. The first-order valence-electron chi connectivity index (χ1n) is 13.1. The molecule has 3 aliphatic rings. The Labute approximate surface area is 225 Å². The van der Waals surface area contributed by atoms with Gasteiger partial charge in [-0.1, -0.05) is 56.0 Å². The Hall–Kier alpha value is -4.09. The summed E-state index contributed by atoms with van der Waals surface area (Å²) in [6.07, 6.45) is 0.397. The number of Topliss-reactive ketones (excluding diaryl/α,β-unsaturated/α-hetero) is 4. The molecule has 0 spiro atoms. The summed E-state index contributed by atoms with van der Waals surface area (Å²) in [7, 11) is 0. The second-order valence-electron chi connectivity index (χ2n) is 11.1. The van der Waals surface area contributed by atoms with Crippen LogP contribution in [0.3, 0.4) is 0 Å². The van der Waals surface area contributed by atoms with Gasteiger partial charge in [-0.2, -0.15) is 0 Å². The maximum Gasteiger partial charge on any atom is 0.235 e. The van der Waals surface area contributed by atoms with Gasteiger partial charge in [-0.05, 0) is 47.4 Å². The molecule has 5 atom stereocenters. The number of hydrogen-bond acceptors (Lipinski definition) is 7. The lowest BCUT2D eigenvalue weighted by Crippen LogP contribution is -2.68. The molecule has 2 aromatic carbocycles. The third-order valence-corrected chi connectivity index (χ3v) is 8.42. The first kappa shape index (κ1) is 26.5. The van der Waals surface area contributed by atoms with E-state index in [1.165, 1.54) is 0 Å². The van der Waals surface area contributed by atoms with Crippen molar-refractivity contribution in [3.8, 4) is 17.6 Å². The maximum absolute atomic E-state index is 13.9. The van der Waals surface area contributed by atoms with E-state index in [-0.39, 0.29) is 42.1 Å². The van der Waals surface area contributed by atoms with E-state index >= 15 is 0 Å². The molecule has 0 saturated heterocycles. The maximum atomic E-state index is 13.9. The van der Waals surface area contributed by atoms with Crippen LogP contribution < -0.4 is 5.73 Å². The van der Waals surface area contributed by atoms with Gasteiger partial charge in [-0.25, -0.2) is 0 Å². The van der Waals surface area contributed by atoms with Gasteiger partial charge in [0.2, 0.25) is 5.91 Å². The predicted octanol–water partition coefficient (Wildman–Crippen LogP) is 2.04. The fraction of sp³-hybridized carbons (Fsp3) is 0.387. The van der Waals surface area contributed by atoms with Gasteiger partial charge in [0, 0.05) is 18.8 Å². The van der Waals surface area contributed by atoms with Crippen molar-refractivity contribution in [3.05, 3.63) is 64.2 Å². The van der Waals surface area contributed by atoms with Crippen molar-refractivity contribution in [2.45, 2.75) is 51.0 Å². The molecular weight excluding hydrogens is 498 g/mol. The number of ketones is 4. The summed E-state index contributed by atoms with van der Waals surface area (Å²) >= 11 is 0. The van der Waals surface area contributed by atoms with Crippen molar-refractivity contribution >= 4 is 29.0 Å². The number of aliphatic hydroxyl groups is 1. The van der Waals surface area contributed by atoms with Gasteiger partial charge in [0.05, 0.1) is 17.0 Å². The van der Waals surface area contributed by atoms with Crippen LogP contribution in [0.5, 0.6) is 5.75 Å². The number of hydrogen-bond donors (Lipinski definition) is 3. The van der Waals surface area contributed by atoms with E-state index in [2.05, 4.69) is 11.8 Å². The van der Waals surface area contributed by atoms with Gasteiger partial charge in [0.25, 0.3) is 0 Å². The number of benzene rings is 2. The van der Waals surface area contributed by atoms with Crippen molar-refractivity contribution in [3.63, 3.8) is 0 Å². The van der Waals surface area contributed by atoms with E-state index in [9.17, 15) is 34.2 Å². The fourth-order valence-electron chi connectivity index (χ4n) is 6.51. The lowest BCUT2D eigenvalue weighted by atomic mass is 9.53. The first-order valence-corrected chi connectivity index (χ1v) is 13.1. The molecule has 1 amide bonds. The van der Waals surface area contributed by atoms with Crippen molar-refractivity contribution in [1.82, 2.24) is 0 Å². The van der Waals surface area contributed by atoms with Crippen LogP contribution in [-0.4, -0.2) is 44.9 Å². The highest BCUT2D eigenvalue weighted by atomic mass is 16.3. The smallest absolute Gasteiger partial charge is 0.235 e. The minimum Gasteiger partial charge on any atom is -0.506 e. The third-order valence-electron chi connectivity index (χ3n) is 8.42. The number of amides is 1. The average Bonchev–Trinajstić information content (AvgIpc) is 2.87. The second-order valence-corrected chi connectivity index (χ2v) is 11.1. The minimum absolute atomic E-state index is 0.0207. The van der Waals surface area contributed by atoms with Crippen LogP contribution >= 0.6 is 0 Å². The molecular formula is C31H29NO7. The van der Waals surface area contributed by atoms with E-state index in [0.29, 0.717) is 12.0 Å². The number of rotatable bonds is 3. The molecule has 0 heterocycles. The Morgan fingerprint density at radius 1 is 1.10 bits per heavy atom. The monoisotopic (exact) mass is 527 g/mol. The van der Waals surface area contributed by atoms with Crippen LogP contribution in [0.15, 0.2) is 36.4 Å². The summed E-state index contributed by atoms with van der Waals surface area (Å²) < 4.78 is 0. The van der Waals surface area contributed by atoms with Gasteiger partial charge < -0.3 is 15.9 Å². The fourth-order valence-corrected chi connectivity index (χ4v) is 6.51. The first-order chi connectivity index (χ1) is 18.5. The Balaban J connectivity index is 1.57. The van der Waals surface area contributed by atoms with Crippen LogP contribution in [0.2, 0.25) is 0 Å². The number of aromatic hydroxyl groups is 1. The molecule has 5 rings (SSSR count). The van der Waals surface area contributed by atoms with E-state index in [4.69, 9.17) is 5.73 Å². The van der Waals surface area contributed by atoms with Crippen LogP contribution in [-0.2, 0) is 32.0 Å². The number of phenols is 1. The van der Waals surface area contributed by atoms with E-state index < -0.39 is 58.3 Å². The molecule has 8 heteroatoms. The Morgan fingerprint density at radius 3 is 2.44 bits per heavy atom. The molecule has 2 saturated carbocycles. The SMILES string of the molecule is CC(C)c1cc(C#CCc2ccccc2)c(O)c2c1C[C@H]1C[C@H]3CC(=O)C(C(N)=O)C(=O)[C@@]3(O)C(=O)C1C2=O. The summed E-state index contributed by atoms with van der Waals surface area (Å²) in [6.45, 7) is 3.91. The average molecular weight is 528 g/mol. The van der Waals surface area contributed by atoms with Gasteiger partial charge >= 0.3 is 0 Å². The van der Waals surface area contributed by atoms with Crippen LogP contribution in [0, 0.1) is 35.5 Å².